The Morgan fingerprint density at radius 2 is 1.00 bits per heavy atom. The molecular formula is C22H36O6Si2. The second kappa shape index (κ2) is 14.6. The minimum absolute atomic E-state index is 0.598. The lowest BCUT2D eigenvalue weighted by Crippen LogP contribution is -2.56. The number of hydrogen-bond acceptors (Lipinski definition) is 6. The maximum absolute atomic E-state index is 5.79. The minimum Gasteiger partial charge on any atom is -0.377 e. The second-order valence-corrected chi connectivity index (χ2v) is 11.7. The molecule has 0 amide bonds. The third-order valence-electron chi connectivity index (χ3n) is 4.33. The van der Waals surface area contributed by atoms with E-state index in [1.165, 1.54) is 5.56 Å². The molecule has 0 bridgehead atoms. The fourth-order valence-electron chi connectivity index (χ4n) is 2.90. The van der Waals surface area contributed by atoms with Crippen LogP contribution in [0.25, 0.3) is 0 Å². The van der Waals surface area contributed by atoms with E-state index in [1.807, 2.05) is 81.4 Å². The number of hydrogen-bond donors (Lipinski definition) is 0. The van der Waals surface area contributed by atoms with Gasteiger partial charge in [0.05, 0.1) is 0 Å². The van der Waals surface area contributed by atoms with E-state index < -0.39 is 17.6 Å². The molecule has 2 rings (SSSR count). The molecule has 0 aromatic heterocycles. The maximum atomic E-state index is 5.79. The summed E-state index contributed by atoms with van der Waals surface area (Å²) in [6, 6.07) is 20.7. The van der Waals surface area contributed by atoms with E-state index in [9.17, 15) is 0 Å². The van der Waals surface area contributed by atoms with Gasteiger partial charge in [0, 0.05) is 52.4 Å². The first-order valence-corrected chi connectivity index (χ1v) is 13.9. The fourth-order valence-corrected chi connectivity index (χ4v) is 7.06. The van der Waals surface area contributed by atoms with Crippen LogP contribution in [-0.2, 0) is 32.6 Å². The van der Waals surface area contributed by atoms with E-state index in [4.69, 9.17) is 26.6 Å². The average Bonchev–Trinajstić information content (AvgIpc) is 2.80. The largest absolute Gasteiger partial charge is 0.537 e. The van der Waals surface area contributed by atoms with Gasteiger partial charge in [0.1, 0.15) is 0 Å². The van der Waals surface area contributed by atoms with Crippen molar-refractivity contribution in [2.45, 2.75) is 26.8 Å². The highest BCUT2D eigenvalue weighted by Crippen LogP contribution is 2.14. The summed E-state index contributed by atoms with van der Waals surface area (Å²) in [5.74, 6) is 0. The molecule has 0 aliphatic heterocycles. The monoisotopic (exact) mass is 452 g/mol. The van der Waals surface area contributed by atoms with Gasteiger partial charge in [-0.2, -0.15) is 0 Å². The quantitative estimate of drug-likeness (QED) is 0.459. The molecule has 0 fully saturated rings. The lowest BCUT2D eigenvalue weighted by atomic mass is 10.2. The predicted molar refractivity (Wildman–Crippen MR) is 124 cm³/mol. The molecule has 0 N–H and O–H groups in total. The van der Waals surface area contributed by atoms with Crippen molar-refractivity contribution in [2.24, 2.45) is 0 Å². The van der Waals surface area contributed by atoms with Gasteiger partial charge in [-0.25, -0.2) is 0 Å². The Morgan fingerprint density at radius 3 is 1.37 bits per heavy atom. The van der Waals surface area contributed by atoms with E-state index >= 15 is 0 Å². The van der Waals surface area contributed by atoms with Crippen molar-refractivity contribution < 1.29 is 26.6 Å². The Morgan fingerprint density at radius 1 is 0.600 bits per heavy atom. The van der Waals surface area contributed by atoms with E-state index in [0.717, 1.165) is 5.19 Å². The van der Waals surface area contributed by atoms with Crippen molar-refractivity contribution >= 4 is 22.8 Å². The lowest BCUT2D eigenvalue weighted by Gasteiger charge is -2.28. The first-order chi connectivity index (χ1) is 14.5. The first-order valence-electron chi connectivity index (χ1n) is 10.2. The van der Waals surface area contributed by atoms with Gasteiger partial charge in [-0.15, -0.1) is 0 Å². The highest BCUT2D eigenvalue weighted by molar-refractivity contribution is 6.75. The molecule has 0 spiro atoms. The molecule has 8 heteroatoms. The van der Waals surface area contributed by atoms with Crippen molar-refractivity contribution in [1.82, 2.24) is 0 Å². The Balaban J connectivity index is 0.000000303. The van der Waals surface area contributed by atoms with Crippen LogP contribution >= 0.6 is 0 Å². The molecule has 2 aromatic rings. The van der Waals surface area contributed by atoms with E-state index in [1.54, 1.807) is 21.3 Å². The van der Waals surface area contributed by atoms with Crippen LogP contribution in [0.1, 0.15) is 26.3 Å². The van der Waals surface area contributed by atoms with Crippen molar-refractivity contribution in [3.05, 3.63) is 66.2 Å². The Labute approximate surface area is 183 Å². The summed E-state index contributed by atoms with van der Waals surface area (Å²) >= 11 is 0. The van der Waals surface area contributed by atoms with Gasteiger partial charge in [-0.3, -0.25) is 0 Å². The lowest BCUT2D eigenvalue weighted by molar-refractivity contribution is 0.0859. The summed E-state index contributed by atoms with van der Waals surface area (Å²) in [5, 5.41) is 1.03. The summed E-state index contributed by atoms with van der Waals surface area (Å²) in [6.45, 7) is 7.68. The van der Waals surface area contributed by atoms with Gasteiger partial charge in [-0.05, 0) is 26.3 Å². The summed E-state index contributed by atoms with van der Waals surface area (Å²) in [4.78, 5) is 0. The van der Waals surface area contributed by atoms with Crippen LogP contribution in [-0.4, -0.2) is 58.8 Å². The van der Waals surface area contributed by atoms with Gasteiger partial charge >= 0.3 is 17.6 Å². The average molecular weight is 453 g/mol. The van der Waals surface area contributed by atoms with Crippen LogP contribution in [0.15, 0.2) is 60.7 Å². The maximum Gasteiger partial charge on any atom is 0.537 e. The molecular weight excluding hydrogens is 416 g/mol. The summed E-state index contributed by atoms with van der Waals surface area (Å²) in [5.41, 5.74) is 1.17. The molecule has 168 valence electrons. The van der Waals surface area contributed by atoms with Gasteiger partial charge < -0.3 is 26.6 Å². The number of benzene rings is 2. The van der Waals surface area contributed by atoms with Gasteiger partial charge in [0.15, 0.2) is 0 Å². The molecule has 0 aliphatic carbocycles. The second-order valence-electron chi connectivity index (χ2n) is 6.18. The first kappa shape index (κ1) is 26.7. The molecule has 30 heavy (non-hydrogen) atoms. The van der Waals surface area contributed by atoms with Crippen LogP contribution < -0.4 is 5.19 Å². The summed E-state index contributed by atoms with van der Waals surface area (Å²) < 4.78 is 33.4. The Kier molecular flexibility index (Phi) is 13.0. The zero-order valence-corrected chi connectivity index (χ0v) is 21.1. The molecule has 0 atom stereocenters. The van der Waals surface area contributed by atoms with Crippen LogP contribution in [0, 0.1) is 0 Å². The van der Waals surface area contributed by atoms with Gasteiger partial charge in [-0.1, -0.05) is 60.7 Å². The molecule has 0 heterocycles. The zero-order chi connectivity index (χ0) is 22.3. The molecule has 6 nitrogen and oxygen atoms in total. The van der Waals surface area contributed by atoms with Crippen LogP contribution in [0.2, 0.25) is 0 Å². The third-order valence-corrected chi connectivity index (χ3v) is 10.1. The Hall–Kier alpha value is -1.37. The molecule has 0 aliphatic rings. The SMILES string of the molecule is CCO[Si](OCC)(OCC)c1ccccc1.CO[Si](Cc1ccccc1)(OC)OC. The number of rotatable bonds is 12. The third kappa shape index (κ3) is 8.05. The van der Waals surface area contributed by atoms with Gasteiger partial charge in [0.2, 0.25) is 0 Å². The molecule has 2 aromatic carbocycles. The van der Waals surface area contributed by atoms with E-state index in [-0.39, 0.29) is 0 Å². The van der Waals surface area contributed by atoms with Crippen molar-refractivity contribution in [3.63, 3.8) is 0 Å². The molecule has 0 radical (unpaired) electrons. The summed E-state index contributed by atoms with van der Waals surface area (Å²) in [7, 11) is -0.248. The van der Waals surface area contributed by atoms with Crippen molar-refractivity contribution in [1.29, 1.82) is 0 Å². The van der Waals surface area contributed by atoms with E-state index in [2.05, 4.69) is 0 Å². The normalized spacial score (nSPS) is 11.7. The standard InChI is InChI=1S/C12H20O3Si.C10H16O3Si/c1-4-13-16(14-5-2,15-6-3)12-10-8-7-9-11-12;1-11-14(12-2,13-3)9-10-7-5-4-6-8-10/h7-11H,4-6H2,1-3H3;4-8H,9H2,1-3H3. The fraction of sp³-hybridized carbons (Fsp3) is 0.455. The van der Waals surface area contributed by atoms with Crippen LogP contribution in [0.5, 0.6) is 0 Å². The summed E-state index contributed by atoms with van der Waals surface area (Å²) in [6.07, 6.45) is 0. The smallest absolute Gasteiger partial charge is 0.377 e. The topological polar surface area (TPSA) is 55.4 Å². The highest BCUT2D eigenvalue weighted by atomic mass is 28.4. The Bertz CT molecular complexity index is 643. The van der Waals surface area contributed by atoms with E-state index in [0.29, 0.717) is 25.9 Å². The van der Waals surface area contributed by atoms with Crippen LogP contribution in [0.4, 0.5) is 0 Å². The highest BCUT2D eigenvalue weighted by Gasteiger charge is 2.42. The van der Waals surface area contributed by atoms with Crippen molar-refractivity contribution in [2.75, 3.05) is 41.2 Å². The molecule has 0 unspecified atom stereocenters. The molecule has 0 saturated heterocycles. The predicted octanol–water partition coefficient (Wildman–Crippen LogP) is 3.59. The van der Waals surface area contributed by atoms with Crippen LogP contribution in [0.3, 0.4) is 0 Å². The van der Waals surface area contributed by atoms with Crippen molar-refractivity contribution in [3.8, 4) is 0 Å². The van der Waals surface area contributed by atoms with Gasteiger partial charge in [0.25, 0.3) is 0 Å². The minimum atomic E-state index is -2.67. The zero-order valence-electron chi connectivity index (χ0n) is 19.1. The molecule has 0 saturated carbocycles.